The van der Waals surface area contributed by atoms with Gasteiger partial charge in [0.2, 0.25) is 11.7 Å². The minimum atomic E-state index is 0. The molecule has 0 radical (unpaired) electrons. The molecule has 0 saturated heterocycles. The lowest BCUT2D eigenvalue weighted by atomic mass is 10.1. The van der Waals surface area contributed by atoms with Gasteiger partial charge in [0.1, 0.15) is 0 Å². The summed E-state index contributed by atoms with van der Waals surface area (Å²) in [4.78, 5) is 4.42. The van der Waals surface area contributed by atoms with Crippen LogP contribution in [0.5, 0.6) is 0 Å². The number of rotatable bonds is 5. The Morgan fingerprint density at radius 3 is 2.58 bits per heavy atom. The maximum atomic E-state index is 5.28. The summed E-state index contributed by atoms with van der Waals surface area (Å²) in [6, 6.07) is 8.20. The first-order valence-corrected chi connectivity index (χ1v) is 6.34. The van der Waals surface area contributed by atoms with E-state index in [0.717, 1.165) is 18.5 Å². The van der Waals surface area contributed by atoms with Gasteiger partial charge in [0.05, 0.1) is 6.04 Å². The Morgan fingerprint density at radius 1 is 1.26 bits per heavy atom. The standard InChI is InChI=1S/C14H19N3O.ClH/c1-4-9-15-11(3)14-16-13(17-18-14)12-7-5-10(2)6-8-12;/h5-8,11,15H,4,9H2,1-3H3;1H. The van der Waals surface area contributed by atoms with Crippen LogP contribution in [0.2, 0.25) is 0 Å². The van der Waals surface area contributed by atoms with E-state index in [9.17, 15) is 0 Å². The van der Waals surface area contributed by atoms with Gasteiger partial charge in [-0.3, -0.25) is 0 Å². The molecule has 0 aliphatic heterocycles. The molecule has 4 nitrogen and oxygen atoms in total. The normalized spacial score (nSPS) is 11.9. The van der Waals surface area contributed by atoms with E-state index in [2.05, 4.69) is 29.3 Å². The first-order valence-electron chi connectivity index (χ1n) is 6.34. The van der Waals surface area contributed by atoms with Gasteiger partial charge in [0.25, 0.3) is 0 Å². The van der Waals surface area contributed by atoms with Gasteiger partial charge in [0.15, 0.2) is 0 Å². The Bertz CT molecular complexity index is 496. The highest BCUT2D eigenvalue weighted by molar-refractivity contribution is 5.85. The summed E-state index contributed by atoms with van der Waals surface area (Å²) in [7, 11) is 0. The highest BCUT2D eigenvalue weighted by Gasteiger charge is 2.14. The average Bonchev–Trinajstić information content (AvgIpc) is 2.86. The third-order valence-electron chi connectivity index (χ3n) is 2.82. The molecule has 2 rings (SSSR count). The molecule has 1 aromatic carbocycles. The third-order valence-corrected chi connectivity index (χ3v) is 2.82. The molecule has 1 heterocycles. The van der Waals surface area contributed by atoms with Crippen molar-refractivity contribution in [2.24, 2.45) is 0 Å². The van der Waals surface area contributed by atoms with E-state index in [1.807, 2.05) is 31.2 Å². The van der Waals surface area contributed by atoms with Gasteiger partial charge in [-0.25, -0.2) is 0 Å². The van der Waals surface area contributed by atoms with Crippen LogP contribution in [0.15, 0.2) is 28.8 Å². The molecule has 1 N–H and O–H groups in total. The molecule has 1 unspecified atom stereocenters. The van der Waals surface area contributed by atoms with E-state index in [4.69, 9.17) is 4.52 Å². The van der Waals surface area contributed by atoms with Crippen molar-refractivity contribution in [2.75, 3.05) is 6.54 Å². The van der Waals surface area contributed by atoms with E-state index in [-0.39, 0.29) is 18.4 Å². The van der Waals surface area contributed by atoms with E-state index in [0.29, 0.717) is 11.7 Å². The van der Waals surface area contributed by atoms with Crippen LogP contribution >= 0.6 is 12.4 Å². The second-order valence-electron chi connectivity index (χ2n) is 4.50. The lowest BCUT2D eigenvalue weighted by Gasteiger charge is -2.06. The smallest absolute Gasteiger partial charge is 0.243 e. The molecule has 0 amide bonds. The fourth-order valence-corrected chi connectivity index (χ4v) is 1.68. The lowest BCUT2D eigenvalue weighted by molar-refractivity contribution is 0.340. The van der Waals surface area contributed by atoms with Crippen molar-refractivity contribution in [2.45, 2.75) is 33.2 Å². The predicted octanol–water partition coefficient (Wildman–Crippen LogP) is 3.53. The number of benzene rings is 1. The van der Waals surface area contributed by atoms with Gasteiger partial charge in [-0.15, -0.1) is 12.4 Å². The van der Waals surface area contributed by atoms with E-state index in [1.54, 1.807) is 0 Å². The molecule has 104 valence electrons. The van der Waals surface area contributed by atoms with Crippen molar-refractivity contribution in [3.8, 4) is 11.4 Å². The molecule has 0 aliphatic rings. The Morgan fingerprint density at radius 2 is 1.95 bits per heavy atom. The predicted molar refractivity (Wildman–Crippen MR) is 78.4 cm³/mol. The SMILES string of the molecule is CCCNC(C)c1nc(-c2ccc(C)cc2)no1.Cl. The van der Waals surface area contributed by atoms with Crippen molar-refractivity contribution in [1.29, 1.82) is 0 Å². The van der Waals surface area contributed by atoms with E-state index >= 15 is 0 Å². The van der Waals surface area contributed by atoms with Crippen molar-refractivity contribution in [3.05, 3.63) is 35.7 Å². The summed E-state index contributed by atoms with van der Waals surface area (Å²) in [5.74, 6) is 1.29. The van der Waals surface area contributed by atoms with Gasteiger partial charge < -0.3 is 9.84 Å². The van der Waals surface area contributed by atoms with Gasteiger partial charge in [-0.1, -0.05) is 41.9 Å². The molecule has 1 aromatic heterocycles. The van der Waals surface area contributed by atoms with Gasteiger partial charge in [-0.05, 0) is 26.8 Å². The summed E-state index contributed by atoms with van der Waals surface area (Å²) in [6.07, 6.45) is 1.09. The fourth-order valence-electron chi connectivity index (χ4n) is 1.68. The summed E-state index contributed by atoms with van der Waals surface area (Å²) in [5, 5.41) is 7.35. The first kappa shape index (κ1) is 15.7. The van der Waals surface area contributed by atoms with Gasteiger partial charge in [0, 0.05) is 5.56 Å². The van der Waals surface area contributed by atoms with Crippen molar-refractivity contribution >= 4 is 12.4 Å². The number of hydrogen-bond acceptors (Lipinski definition) is 4. The average molecular weight is 282 g/mol. The highest BCUT2D eigenvalue weighted by Crippen LogP contribution is 2.18. The molecule has 2 aromatic rings. The third kappa shape index (κ3) is 4.04. The maximum Gasteiger partial charge on any atom is 0.243 e. The summed E-state index contributed by atoms with van der Waals surface area (Å²) < 4.78 is 5.28. The Balaban J connectivity index is 0.00000180. The molecule has 19 heavy (non-hydrogen) atoms. The van der Waals surface area contributed by atoms with Crippen LogP contribution in [0.25, 0.3) is 11.4 Å². The van der Waals surface area contributed by atoms with Gasteiger partial charge in [-0.2, -0.15) is 4.98 Å². The van der Waals surface area contributed by atoms with Crippen molar-refractivity contribution in [1.82, 2.24) is 15.5 Å². The minimum absolute atomic E-state index is 0. The molecule has 0 spiro atoms. The van der Waals surface area contributed by atoms with Crippen LogP contribution in [-0.4, -0.2) is 16.7 Å². The second kappa shape index (κ2) is 7.26. The van der Waals surface area contributed by atoms with Crippen molar-refractivity contribution < 1.29 is 4.52 Å². The number of nitrogens with zero attached hydrogens (tertiary/aromatic N) is 2. The molecular weight excluding hydrogens is 262 g/mol. The Labute approximate surface area is 120 Å². The summed E-state index contributed by atoms with van der Waals surface area (Å²) in [5.41, 5.74) is 2.21. The maximum absolute atomic E-state index is 5.28. The van der Waals surface area contributed by atoms with E-state index < -0.39 is 0 Å². The number of aromatic nitrogens is 2. The quantitative estimate of drug-likeness (QED) is 0.911. The molecule has 0 bridgehead atoms. The fraction of sp³-hybridized carbons (Fsp3) is 0.429. The molecule has 0 aliphatic carbocycles. The largest absolute Gasteiger partial charge is 0.337 e. The molecule has 0 fully saturated rings. The second-order valence-corrected chi connectivity index (χ2v) is 4.50. The Kier molecular flexibility index (Phi) is 5.99. The van der Waals surface area contributed by atoms with Crippen LogP contribution in [0.4, 0.5) is 0 Å². The highest BCUT2D eigenvalue weighted by atomic mass is 35.5. The minimum Gasteiger partial charge on any atom is -0.337 e. The number of nitrogens with one attached hydrogen (secondary N) is 1. The van der Waals surface area contributed by atoms with Crippen LogP contribution in [0.3, 0.4) is 0 Å². The van der Waals surface area contributed by atoms with Crippen LogP contribution < -0.4 is 5.32 Å². The zero-order valence-electron chi connectivity index (χ0n) is 11.5. The van der Waals surface area contributed by atoms with Gasteiger partial charge >= 0.3 is 0 Å². The number of hydrogen-bond donors (Lipinski definition) is 1. The van der Waals surface area contributed by atoms with E-state index in [1.165, 1.54) is 5.56 Å². The zero-order chi connectivity index (χ0) is 13.0. The van der Waals surface area contributed by atoms with Crippen molar-refractivity contribution in [3.63, 3.8) is 0 Å². The molecule has 5 heteroatoms. The first-order chi connectivity index (χ1) is 8.70. The molecule has 0 saturated carbocycles. The van der Waals surface area contributed by atoms with Crippen LogP contribution in [0, 0.1) is 6.92 Å². The van der Waals surface area contributed by atoms with Crippen LogP contribution in [-0.2, 0) is 0 Å². The van der Waals surface area contributed by atoms with Crippen LogP contribution in [0.1, 0.15) is 37.8 Å². The summed E-state index contributed by atoms with van der Waals surface area (Å²) in [6.45, 7) is 7.17. The molecule has 1 atom stereocenters. The zero-order valence-corrected chi connectivity index (χ0v) is 12.3. The monoisotopic (exact) mass is 281 g/mol. The lowest BCUT2D eigenvalue weighted by Crippen LogP contribution is -2.19. The topological polar surface area (TPSA) is 51.0 Å². The number of halogens is 1. The number of aryl methyl sites for hydroxylation is 1. The summed E-state index contributed by atoms with van der Waals surface area (Å²) >= 11 is 0. The molecular formula is C14H20ClN3O. The Hall–Kier alpha value is -1.39.